The largest absolute Gasteiger partial charge is 0.478 e. The van der Waals surface area contributed by atoms with Crippen molar-refractivity contribution in [2.45, 2.75) is 20.8 Å². The molecular weight excluding hydrogens is 204 g/mol. The number of rotatable bonds is 1. The van der Waals surface area contributed by atoms with E-state index in [1.807, 2.05) is 20.8 Å². The summed E-state index contributed by atoms with van der Waals surface area (Å²) in [7, 11) is 0. The van der Waals surface area contributed by atoms with Crippen LogP contribution in [0.1, 0.15) is 27.3 Å². The Hall–Kier alpha value is -1.97. The first kappa shape index (κ1) is 10.5. The normalized spacial score (nSPS) is 10.7. The Morgan fingerprint density at radius 2 is 1.62 bits per heavy atom. The number of nitrogens with zero attached hydrogens (tertiary/aromatic N) is 2. The maximum Gasteiger partial charge on any atom is 0.337 e. The lowest BCUT2D eigenvalue weighted by atomic mass is 10.1. The topological polar surface area (TPSA) is 63.1 Å². The summed E-state index contributed by atoms with van der Waals surface area (Å²) in [6.45, 7) is 5.60. The Morgan fingerprint density at radius 1 is 1.06 bits per heavy atom. The molecule has 0 spiro atoms. The van der Waals surface area contributed by atoms with Gasteiger partial charge >= 0.3 is 5.97 Å². The van der Waals surface area contributed by atoms with E-state index in [-0.39, 0.29) is 5.56 Å². The van der Waals surface area contributed by atoms with Gasteiger partial charge in [-0.15, -0.1) is 0 Å². The van der Waals surface area contributed by atoms with Gasteiger partial charge in [0.05, 0.1) is 22.5 Å². The number of aromatic carboxylic acids is 1. The van der Waals surface area contributed by atoms with Gasteiger partial charge in [-0.05, 0) is 32.4 Å². The van der Waals surface area contributed by atoms with Crippen molar-refractivity contribution in [1.82, 2.24) is 9.97 Å². The number of hydrogen-bond acceptors (Lipinski definition) is 3. The third-order valence-corrected chi connectivity index (χ3v) is 2.67. The van der Waals surface area contributed by atoms with E-state index < -0.39 is 5.97 Å². The van der Waals surface area contributed by atoms with Gasteiger partial charge in [-0.1, -0.05) is 6.07 Å². The second-order valence-electron chi connectivity index (χ2n) is 3.83. The highest BCUT2D eigenvalue weighted by molar-refractivity contribution is 6.01. The van der Waals surface area contributed by atoms with Gasteiger partial charge in [-0.25, -0.2) is 14.8 Å². The molecule has 0 aliphatic heterocycles. The van der Waals surface area contributed by atoms with Crippen molar-refractivity contribution < 1.29 is 9.90 Å². The van der Waals surface area contributed by atoms with Crippen LogP contribution in [0.5, 0.6) is 0 Å². The van der Waals surface area contributed by atoms with Gasteiger partial charge < -0.3 is 5.11 Å². The van der Waals surface area contributed by atoms with Gasteiger partial charge in [-0.2, -0.15) is 0 Å². The summed E-state index contributed by atoms with van der Waals surface area (Å²) in [6.07, 6.45) is 0. The summed E-state index contributed by atoms with van der Waals surface area (Å²) < 4.78 is 0. The van der Waals surface area contributed by atoms with Gasteiger partial charge in [0.2, 0.25) is 0 Å². The summed E-state index contributed by atoms with van der Waals surface area (Å²) in [5.74, 6) is -0.970. The van der Waals surface area contributed by atoms with Gasteiger partial charge in [-0.3, -0.25) is 0 Å². The molecule has 0 saturated heterocycles. The molecule has 0 saturated carbocycles. The second-order valence-corrected chi connectivity index (χ2v) is 3.83. The number of carboxylic acid groups (broad SMARTS) is 1. The van der Waals surface area contributed by atoms with Crippen LogP contribution in [0.25, 0.3) is 11.0 Å². The van der Waals surface area contributed by atoms with Crippen molar-refractivity contribution in [3.63, 3.8) is 0 Å². The van der Waals surface area contributed by atoms with Crippen LogP contribution in [-0.4, -0.2) is 21.0 Å². The van der Waals surface area contributed by atoms with Crippen LogP contribution in [0.4, 0.5) is 0 Å². The Balaban J connectivity index is 2.93. The molecule has 1 aromatic carbocycles. The maximum absolute atomic E-state index is 11.1. The average Bonchev–Trinajstić information content (AvgIpc) is 2.21. The monoisotopic (exact) mass is 216 g/mol. The maximum atomic E-state index is 11.1. The molecule has 0 unspecified atom stereocenters. The molecule has 0 bridgehead atoms. The fourth-order valence-electron chi connectivity index (χ4n) is 1.60. The molecule has 0 radical (unpaired) electrons. The average molecular weight is 216 g/mol. The summed E-state index contributed by atoms with van der Waals surface area (Å²) in [5.41, 5.74) is 3.88. The highest BCUT2D eigenvalue weighted by atomic mass is 16.4. The summed E-state index contributed by atoms with van der Waals surface area (Å²) in [4.78, 5) is 19.8. The SMILES string of the molecule is Cc1nc2c(C)ccc(C(=O)O)c2nc1C. The number of fused-ring (bicyclic) bond motifs is 1. The Kier molecular flexibility index (Phi) is 2.34. The minimum absolute atomic E-state index is 0.205. The minimum atomic E-state index is -0.970. The van der Waals surface area contributed by atoms with E-state index >= 15 is 0 Å². The Bertz CT molecular complexity index is 591. The van der Waals surface area contributed by atoms with Crippen molar-refractivity contribution in [2.75, 3.05) is 0 Å². The third kappa shape index (κ3) is 1.52. The Labute approximate surface area is 93.0 Å². The van der Waals surface area contributed by atoms with Gasteiger partial charge in [0.25, 0.3) is 0 Å². The predicted molar refractivity (Wildman–Crippen MR) is 60.7 cm³/mol. The van der Waals surface area contributed by atoms with Crippen molar-refractivity contribution in [1.29, 1.82) is 0 Å². The van der Waals surface area contributed by atoms with E-state index in [4.69, 9.17) is 5.11 Å². The molecule has 16 heavy (non-hydrogen) atoms. The first-order valence-corrected chi connectivity index (χ1v) is 4.98. The highest BCUT2D eigenvalue weighted by Gasteiger charge is 2.13. The van der Waals surface area contributed by atoms with Crippen molar-refractivity contribution in [3.05, 3.63) is 34.6 Å². The van der Waals surface area contributed by atoms with Crippen molar-refractivity contribution in [2.24, 2.45) is 0 Å². The molecule has 1 N–H and O–H groups in total. The zero-order valence-electron chi connectivity index (χ0n) is 9.40. The molecular formula is C12H12N2O2. The molecule has 0 atom stereocenters. The van der Waals surface area contributed by atoms with Gasteiger partial charge in [0, 0.05) is 0 Å². The van der Waals surface area contributed by atoms with E-state index in [1.54, 1.807) is 12.1 Å². The number of hydrogen-bond donors (Lipinski definition) is 1. The third-order valence-electron chi connectivity index (χ3n) is 2.67. The number of benzene rings is 1. The van der Waals surface area contributed by atoms with Crippen molar-refractivity contribution in [3.8, 4) is 0 Å². The molecule has 2 aromatic rings. The first-order valence-electron chi connectivity index (χ1n) is 4.98. The molecule has 0 amide bonds. The summed E-state index contributed by atoms with van der Waals surface area (Å²) >= 11 is 0. The molecule has 0 aliphatic rings. The number of carboxylic acids is 1. The van der Waals surface area contributed by atoms with E-state index in [0.29, 0.717) is 11.0 Å². The fourth-order valence-corrected chi connectivity index (χ4v) is 1.60. The minimum Gasteiger partial charge on any atom is -0.478 e. The zero-order valence-corrected chi connectivity index (χ0v) is 9.40. The number of aryl methyl sites for hydroxylation is 3. The van der Waals surface area contributed by atoms with E-state index in [1.165, 1.54) is 0 Å². The van der Waals surface area contributed by atoms with Gasteiger partial charge in [0.15, 0.2) is 0 Å². The molecule has 1 aromatic heterocycles. The van der Waals surface area contributed by atoms with Crippen LogP contribution >= 0.6 is 0 Å². The van der Waals surface area contributed by atoms with Crippen LogP contribution in [0.15, 0.2) is 12.1 Å². The first-order chi connectivity index (χ1) is 7.50. The van der Waals surface area contributed by atoms with E-state index in [9.17, 15) is 4.79 Å². The number of carbonyl (C=O) groups is 1. The summed E-state index contributed by atoms with van der Waals surface area (Å²) in [6, 6.07) is 3.33. The van der Waals surface area contributed by atoms with Gasteiger partial charge in [0.1, 0.15) is 5.52 Å². The smallest absolute Gasteiger partial charge is 0.337 e. The Morgan fingerprint density at radius 3 is 2.19 bits per heavy atom. The van der Waals surface area contributed by atoms with Crippen LogP contribution in [0.2, 0.25) is 0 Å². The number of aromatic nitrogens is 2. The standard InChI is InChI=1S/C12H12N2O2/c1-6-4-5-9(12(15)16)11-10(6)13-7(2)8(3)14-11/h4-5H,1-3H3,(H,15,16). The zero-order chi connectivity index (χ0) is 11.9. The predicted octanol–water partition coefficient (Wildman–Crippen LogP) is 2.25. The molecule has 0 aliphatic carbocycles. The molecule has 2 rings (SSSR count). The lowest BCUT2D eigenvalue weighted by Gasteiger charge is -2.07. The second kappa shape index (κ2) is 3.56. The van der Waals surface area contributed by atoms with Crippen LogP contribution in [-0.2, 0) is 0 Å². The highest BCUT2D eigenvalue weighted by Crippen LogP contribution is 2.20. The van der Waals surface area contributed by atoms with Crippen molar-refractivity contribution >= 4 is 17.0 Å². The molecule has 4 heteroatoms. The van der Waals surface area contributed by atoms with E-state index in [0.717, 1.165) is 17.0 Å². The fraction of sp³-hybridized carbons (Fsp3) is 0.250. The molecule has 0 fully saturated rings. The molecule has 1 heterocycles. The summed E-state index contributed by atoms with van der Waals surface area (Å²) in [5, 5.41) is 9.07. The van der Waals surface area contributed by atoms with E-state index in [2.05, 4.69) is 9.97 Å². The quantitative estimate of drug-likeness (QED) is 0.794. The molecule has 4 nitrogen and oxygen atoms in total. The lowest BCUT2D eigenvalue weighted by Crippen LogP contribution is -2.03. The van der Waals surface area contributed by atoms with Crippen LogP contribution < -0.4 is 0 Å². The lowest BCUT2D eigenvalue weighted by molar-refractivity contribution is 0.0699. The van der Waals surface area contributed by atoms with Crippen LogP contribution in [0.3, 0.4) is 0 Å². The van der Waals surface area contributed by atoms with Crippen LogP contribution in [0, 0.1) is 20.8 Å². The molecule has 82 valence electrons.